The van der Waals surface area contributed by atoms with Gasteiger partial charge in [-0.3, -0.25) is 0 Å². The van der Waals surface area contributed by atoms with Gasteiger partial charge >= 0.3 is 0 Å². The van der Waals surface area contributed by atoms with Crippen LogP contribution in [0.15, 0.2) is 4.52 Å². The summed E-state index contributed by atoms with van der Waals surface area (Å²) in [5.41, 5.74) is 5.97. The van der Waals surface area contributed by atoms with Crippen LogP contribution in [0.3, 0.4) is 0 Å². The summed E-state index contributed by atoms with van der Waals surface area (Å²) < 4.78 is 5.20. The molecule has 1 saturated carbocycles. The van der Waals surface area contributed by atoms with Crippen LogP contribution < -0.4 is 5.73 Å². The molecule has 1 unspecified atom stereocenters. The first-order valence-electron chi connectivity index (χ1n) is 6.36. The van der Waals surface area contributed by atoms with Crippen molar-refractivity contribution in [2.45, 2.75) is 56.6 Å². The molecule has 17 heavy (non-hydrogen) atoms. The van der Waals surface area contributed by atoms with Crippen LogP contribution in [0, 0.1) is 5.92 Å². The van der Waals surface area contributed by atoms with Crippen molar-refractivity contribution in [3.63, 3.8) is 0 Å². The van der Waals surface area contributed by atoms with Gasteiger partial charge in [-0.1, -0.05) is 31.8 Å². The van der Waals surface area contributed by atoms with E-state index in [9.17, 15) is 0 Å². The Balaban J connectivity index is 1.85. The van der Waals surface area contributed by atoms with E-state index in [2.05, 4.69) is 24.0 Å². The van der Waals surface area contributed by atoms with E-state index >= 15 is 0 Å². The van der Waals surface area contributed by atoms with Crippen molar-refractivity contribution in [2.24, 2.45) is 11.7 Å². The number of aromatic nitrogens is 2. The number of rotatable bonds is 5. The zero-order chi connectivity index (χ0) is 12.3. The second-order valence-corrected chi connectivity index (χ2v) is 6.32. The third kappa shape index (κ3) is 3.45. The van der Waals surface area contributed by atoms with Gasteiger partial charge in [-0.25, -0.2) is 0 Å². The Labute approximate surface area is 107 Å². The monoisotopic (exact) mass is 255 g/mol. The van der Waals surface area contributed by atoms with Crippen molar-refractivity contribution in [1.82, 2.24) is 10.1 Å². The van der Waals surface area contributed by atoms with Crippen LogP contribution >= 0.6 is 11.8 Å². The van der Waals surface area contributed by atoms with E-state index in [1.54, 1.807) is 0 Å². The largest absolute Gasteiger partial charge is 0.338 e. The summed E-state index contributed by atoms with van der Waals surface area (Å²) >= 11 is 1.94. The molecule has 1 fully saturated rings. The highest BCUT2D eigenvalue weighted by Gasteiger charge is 2.20. The maximum Gasteiger partial charge on any atom is 0.243 e. The molecule has 5 heteroatoms. The van der Waals surface area contributed by atoms with Crippen LogP contribution in [0.2, 0.25) is 0 Å². The van der Waals surface area contributed by atoms with Crippen molar-refractivity contribution in [1.29, 1.82) is 0 Å². The zero-order valence-corrected chi connectivity index (χ0v) is 11.4. The summed E-state index contributed by atoms with van der Waals surface area (Å²) in [5.74, 6) is 2.53. The Morgan fingerprint density at radius 1 is 1.41 bits per heavy atom. The van der Waals surface area contributed by atoms with E-state index in [4.69, 9.17) is 10.3 Å². The fourth-order valence-electron chi connectivity index (χ4n) is 1.99. The molecule has 1 aliphatic rings. The molecule has 0 bridgehead atoms. The van der Waals surface area contributed by atoms with Crippen LogP contribution in [0.4, 0.5) is 0 Å². The van der Waals surface area contributed by atoms with Crippen LogP contribution in [0.5, 0.6) is 0 Å². The van der Waals surface area contributed by atoms with Crippen LogP contribution in [-0.4, -0.2) is 15.4 Å². The molecular weight excluding hydrogens is 234 g/mol. The number of thioether (sulfide) groups is 1. The molecule has 0 aliphatic heterocycles. The summed E-state index contributed by atoms with van der Waals surface area (Å²) in [6.45, 7) is 4.11. The molecule has 0 radical (unpaired) electrons. The molecule has 2 N–H and O–H groups in total. The molecule has 0 saturated heterocycles. The summed E-state index contributed by atoms with van der Waals surface area (Å²) in [4.78, 5) is 4.37. The predicted molar refractivity (Wildman–Crippen MR) is 69.6 cm³/mol. The highest BCUT2D eigenvalue weighted by Crippen LogP contribution is 2.31. The van der Waals surface area contributed by atoms with Crippen molar-refractivity contribution >= 4 is 11.8 Å². The maximum absolute atomic E-state index is 5.97. The van der Waals surface area contributed by atoms with E-state index in [1.807, 2.05) is 11.8 Å². The van der Waals surface area contributed by atoms with E-state index in [1.165, 1.54) is 25.7 Å². The maximum atomic E-state index is 5.97. The molecular formula is C12H21N3OS. The molecule has 96 valence electrons. The van der Waals surface area contributed by atoms with Gasteiger partial charge in [0.05, 0.1) is 11.8 Å². The van der Waals surface area contributed by atoms with Crippen molar-refractivity contribution in [3.8, 4) is 0 Å². The third-order valence-corrected chi connectivity index (χ3v) is 4.61. The van der Waals surface area contributed by atoms with Gasteiger partial charge in [0.25, 0.3) is 0 Å². The van der Waals surface area contributed by atoms with Crippen LogP contribution in [0.1, 0.15) is 57.3 Å². The first kappa shape index (κ1) is 12.9. The number of nitrogens with two attached hydrogens (primary N) is 1. The highest BCUT2D eigenvalue weighted by molar-refractivity contribution is 7.99. The molecule has 4 nitrogen and oxygen atoms in total. The molecule has 2 rings (SSSR count). The molecule has 0 amide bonds. The van der Waals surface area contributed by atoms with Crippen molar-refractivity contribution in [2.75, 3.05) is 0 Å². The lowest BCUT2D eigenvalue weighted by Crippen LogP contribution is -2.17. The summed E-state index contributed by atoms with van der Waals surface area (Å²) in [5, 5.41) is 4.78. The normalized spacial score (nSPS) is 19.1. The first-order valence-corrected chi connectivity index (χ1v) is 7.41. The Hall–Kier alpha value is -0.550. The fourth-order valence-corrected chi connectivity index (χ4v) is 3.16. The first-order chi connectivity index (χ1) is 8.16. The van der Waals surface area contributed by atoms with Gasteiger partial charge in [0, 0.05) is 5.25 Å². The number of nitrogens with zero attached hydrogens (tertiary/aromatic N) is 2. The van der Waals surface area contributed by atoms with Gasteiger partial charge in [-0.15, -0.1) is 0 Å². The molecule has 1 atom stereocenters. The molecule has 1 aliphatic carbocycles. The molecule has 1 heterocycles. The lowest BCUT2D eigenvalue weighted by Gasteiger charge is -2.09. The third-order valence-electron chi connectivity index (χ3n) is 3.24. The SMILES string of the molecule is CC(C)C(N)c1nc(CSC2CCCC2)no1. The number of hydrogen-bond acceptors (Lipinski definition) is 5. The lowest BCUT2D eigenvalue weighted by atomic mass is 10.1. The Morgan fingerprint density at radius 2 is 2.12 bits per heavy atom. The average Bonchev–Trinajstić information content (AvgIpc) is 2.96. The van der Waals surface area contributed by atoms with Gasteiger partial charge in [0.1, 0.15) is 0 Å². The Kier molecular flexibility index (Phi) is 4.45. The smallest absolute Gasteiger partial charge is 0.243 e. The fraction of sp³-hybridized carbons (Fsp3) is 0.833. The molecule has 1 aromatic rings. The Morgan fingerprint density at radius 3 is 2.76 bits per heavy atom. The van der Waals surface area contributed by atoms with E-state index in [0.717, 1.165) is 16.8 Å². The van der Waals surface area contributed by atoms with Gasteiger partial charge in [-0.2, -0.15) is 16.7 Å². The van der Waals surface area contributed by atoms with E-state index < -0.39 is 0 Å². The van der Waals surface area contributed by atoms with Crippen LogP contribution in [-0.2, 0) is 5.75 Å². The van der Waals surface area contributed by atoms with Crippen LogP contribution in [0.25, 0.3) is 0 Å². The zero-order valence-electron chi connectivity index (χ0n) is 10.6. The minimum absolute atomic E-state index is 0.146. The minimum Gasteiger partial charge on any atom is -0.338 e. The lowest BCUT2D eigenvalue weighted by molar-refractivity contribution is 0.323. The van der Waals surface area contributed by atoms with Crippen molar-refractivity contribution < 1.29 is 4.52 Å². The molecule has 0 aromatic carbocycles. The summed E-state index contributed by atoms with van der Waals surface area (Å²) in [7, 11) is 0. The quantitative estimate of drug-likeness (QED) is 0.876. The standard InChI is InChI=1S/C12H21N3OS/c1-8(2)11(13)12-14-10(15-16-12)7-17-9-5-3-4-6-9/h8-9,11H,3-7,13H2,1-2H3. The molecule has 1 aromatic heterocycles. The average molecular weight is 255 g/mol. The van der Waals surface area contributed by atoms with E-state index in [0.29, 0.717) is 11.8 Å². The summed E-state index contributed by atoms with van der Waals surface area (Å²) in [6, 6.07) is -0.146. The number of hydrogen-bond donors (Lipinski definition) is 1. The Bertz CT molecular complexity index is 347. The highest BCUT2D eigenvalue weighted by atomic mass is 32.2. The topological polar surface area (TPSA) is 64.9 Å². The van der Waals surface area contributed by atoms with Crippen molar-refractivity contribution in [3.05, 3.63) is 11.7 Å². The second-order valence-electron chi connectivity index (χ2n) is 5.04. The van der Waals surface area contributed by atoms with Gasteiger partial charge in [0.2, 0.25) is 5.89 Å². The van der Waals surface area contributed by atoms with Gasteiger partial charge in [-0.05, 0) is 18.8 Å². The second kappa shape index (κ2) is 5.87. The predicted octanol–water partition coefficient (Wildman–Crippen LogP) is 2.90. The van der Waals surface area contributed by atoms with Gasteiger partial charge < -0.3 is 10.3 Å². The van der Waals surface area contributed by atoms with E-state index in [-0.39, 0.29) is 6.04 Å². The minimum atomic E-state index is -0.146. The summed E-state index contributed by atoms with van der Waals surface area (Å²) in [6.07, 6.45) is 5.41. The molecule has 0 spiro atoms. The van der Waals surface area contributed by atoms with Gasteiger partial charge in [0.15, 0.2) is 5.82 Å².